The van der Waals surface area contributed by atoms with Gasteiger partial charge in [-0.3, -0.25) is 0 Å². The minimum atomic E-state index is 0.480. The van der Waals surface area contributed by atoms with Gasteiger partial charge in [-0.25, -0.2) is 9.97 Å². The van der Waals surface area contributed by atoms with Crippen molar-refractivity contribution in [1.29, 1.82) is 0 Å². The molecule has 1 aromatic heterocycles. The molecule has 0 aliphatic heterocycles. The molecule has 1 aromatic rings. The number of hydrogen-bond donors (Lipinski definition) is 1. The average molecular weight is 284 g/mol. The van der Waals surface area contributed by atoms with Gasteiger partial charge in [0.25, 0.3) is 0 Å². The van der Waals surface area contributed by atoms with E-state index in [1.165, 1.54) is 32.1 Å². The van der Waals surface area contributed by atoms with E-state index in [1.54, 1.807) is 6.07 Å². The van der Waals surface area contributed by atoms with Gasteiger partial charge in [0.05, 0.1) is 6.10 Å². The van der Waals surface area contributed by atoms with Crippen LogP contribution in [0.25, 0.3) is 0 Å². The average Bonchev–Trinajstić information content (AvgIpc) is 2.38. The van der Waals surface area contributed by atoms with Gasteiger partial charge in [0, 0.05) is 19.2 Å². The second kappa shape index (κ2) is 7.65. The van der Waals surface area contributed by atoms with Gasteiger partial charge >= 0.3 is 0 Å². The molecule has 1 aliphatic rings. The van der Waals surface area contributed by atoms with Crippen LogP contribution in [-0.2, 0) is 4.74 Å². The van der Waals surface area contributed by atoms with E-state index in [2.05, 4.69) is 15.3 Å². The van der Waals surface area contributed by atoms with E-state index in [9.17, 15) is 0 Å². The van der Waals surface area contributed by atoms with Gasteiger partial charge in [0.15, 0.2) is 0 Å². The number of anilines is 1. The third kappa shape index (κ3) is 5.33. The van der Waals surface area contributed by atoms with E-state index in [1.807, 2.05) is 6.92 Å². The highest BCUT2D eigenvalue weighted by Crippen LogP contribution is 2.20. The zero-order valence-corrected chi connectivity index (χ0v) is 12.2. The molecular weight excluding hydrogens is 262 g/mol. The topological polar surface area (TPSA) is 47.0 Å². The van der Waals surface area contributed by atoms with Crippen molar-refractivity contribution in [2.75, 3.05) is 18.5 Å². The first kappa shape index (κ1) is 14.5. The van der Waals surface area contributed by atoms with Crippen LogP contribution < -0.4 is 5.32 Å². The van der Waals surface area contributed by atoms with Gasteiger partial charge in [-0.1, -0.05) is 30.9 Å². The summed E-state index contributed by atoms with van der Waals surface area (Å²) in [6.45, 7) is 3.50. The zero-order valence-electron chi connectivity index (χ0n) is 11.5. The fourth-order valence-corrected chi connectivity index (χ4v) is 2.62. The summed E-state index contributed by atoms with van der Waals surface area (Å²) in [6.07, 6.45) is 7.95. The Kier molecular flexibility index (Phi) is 5.86. The number of nitrogens with zero attached hydrogens (tertiary/aromatic N) is 2. The second-order valence-electron chi connectivity index (χ2n) is 5.03. The molecule has 5 heteroatoms. The third-order valence-electron chi connectivity index (χ3n) is 3.34. The van der Waals surface area contributed by atoms with Crippen LogP contribution in [0, 0.1) is 6.92 Å². The summed E-state index contributed by atoms with van der Waals surface area (Å²) in [6, 6.07) is 1.75. The molecule has 1 heterocycles. The number of halogens is 1. The molecule has 0 bridgehead atoms. The second-order valence-corrected chi connectivity index (χ2v) is 5.42. The van der Waals surface area contributed by atoms with Crippen LogP contribution in [0.4, 0.5) is 5.82 Å². The molecule has 0 spiro atoms. The number of aromatic nitrogens is 2. The van der Waals surface area contributed by atoms with Crippen LogP contribution in [0.15, 0.2) is 6.07 Å². The predicted octanol–water partition coefficient (Wildman–Crippen LogP) is 3.59. The number of hydrogen-bond acceptors (Lipinski definition) is 4. The number of rotatable bonds is 6. The monoisotopic (exact) mass is 283 g/mol. The van der Waals surface area contributed by atoms with Crippen molar-refractivity contribution in [2.24, 2.45) is 0 Å². The third-order valence-corrected chi connectivity index (χ3v) is 3.53. The Balaban J connectivity index is 1.60. The predicted molar refractivity (Wildman–Crippen MR) is 77.7 cm³/mol. The minimum Gasteiger partial charge on any atom is -0.378 e. The van der Waals surface area contributed by atoms with Crippen LogP contribution in [0.3, 0.4) is 0 Å². The Hall–Kier alpha value is -0.870. The number of aryl methyl sites for hydroxylation is 1. The normalized spacial score (nSPS) is 16.5. The highest BCUT2D eigenvalue weighted by atomic mass is 35.5. The molecule has 0 saturated heterocycles. The molecule has 1 fully saturated rings. The fourth-order valence-electron chi connectivity index (χ4n) is 2.39. The molecule has 19 heavy (non-hydrogen) atoms. The van der Waals surface area contributed by atoms with Crippen molar-refractivity contribution in [3.05, 3.63) is 17.0 Å². The summed E-state index contributed by atoms with van der Waals surface area (Å²) < 4.78 is 5.87. The lowest BCUT2D eigenvalue weighted by Gasteiger charge is -2.21. The quantitative estimate of drug-likeness (QED) is 0.640. The van der Waals surface area contributed by atoms with Gasteiger partial charge < -0.3 is 10.1 Å². The molecule has 1 N–H and O–H groups in total. The minimum absolute atomic E-state index is 0.480. The van der Waals surface area contributed by atoms with Gasteiger partial charge in [-0.2, -0.15) is 0 Å². The van der Waals surface area contributed by atoms with Crippen LogP contribution in [-0.4, -0.2) is 29.2 Å². The Bertz CT molecular complexity index is 374. The van der Waals surface area contributed by atoms with Crippen molar-refractivity contribution < 1.29 is 4.74 Å². The van der Waals surface area contributed by atoms with Crippen LogP contribution in [0.5, 0.6) is 0 Å². The van der Waals surface area contributed by atoms with Crippen molar-refractivity contribution >= 4 is 17.4 Å². The molecule has 2 rings (SSSR count). The lowest BCUT2D eigenvalue weighted by Crippen LogP contribution is -2.18. The highest BCUT2D eigenvalue weighted by Gasteiger charge is 2.12. The van der Waals surface area contributed by atoms with Gasteiger partial charge in [0.1, 0.15) is 16.8 Å². The molecule has 0 amide bonds. The summed E-state index contributed by atoms with van der Waals surface area (Å²) in [5.41, 5.74) is 0. The highest BCUT2D eigenvalue weighted by molar-refractivity contribution is 6.29. The standard InChI is InChI=1S/C14H22ClN3O/c1-11-17-13(15)10-14(18-11)16-8-5-9-19-12-6-3-2-4-7-12/h10,12H,2-9H2,1H3,(H,16,17,18). The molecule has 0 atom stereocenters. The van der Waals surface area contributed by atoms with Gasteiger partial charge in [0.2, 0.25) is 0 Å². The van der Waals surface area contributed by atoms with Crippen molar-refractivity contribution in [2.45, 2.75) is 51.6 Å². The fraction of sp³-hybridized carbons (Fsp3) is 0.714. The summed E-state index contributed by atoms with van der Waals surface area (Å²) in [5.74, 6) is 1.48. The maximum Gasteiger partial charge on any atom is 0.134 e. The summed E-state index contributed by atoms with van der Waals surface area (Å²) >= 11 is 5.88. The van der Waals surface area contributed by atoms with E-state index in [0.29, 0.717) is 17.1 Å². The molecule has 1 saturated carbocycles. The smallest absolute Gasteiger partial charge is 0.134 e. The molecule has 0 aromatic carbocycles. The van der Waals surface area contributed by atoms with Crippen LogP contribution in [0.1, 0.15) is 44.3 Å². The van der Waals surface area contributed by atoms with Crippen LogP contribution in [0.2, 0.25) is 5.15 Å². The lowest BCUT2D eigenvalue weighted by molar-refractivity contribution is 0.0284. The maximum absolute atomic E-state index is 5.88. The number of ether oxygens (including phenoxy) is 1. The molecule has 106 valence electrons. The first-order valence-corrected chi connectivity index (χ1v) is 7.48. The Labute approximate surface area is 119 Å². The molecule has 1 aliphatic carbocycles. The van der Waals surface area contributed by atoms with Crippen LogP contribution >= 0.6 is 11.6 Å². The van der Waals surface area contributed by atoms with Crippen molar-refractivity contribution in [3.63, 3.8) is 0 Å². The molecular formula is C14H22ClN3O. The number of nitrogens with one attached hydrogen (secondary N) is 1. The lowest BCUT2D eigenvalue weighted by atomic mass is 9.98. The molecule has 0 unspecified atom stereocenters. The van der Waals surface area contributed by atoms with E-state index in [0.717, 1.165) is 25.4 Å². The maximum atomic E-state index is 5.88. The van der Waals surface area contributed by atoms with Gasteiger partial charge in [-0.05, 0) is 26.2 Å². The Morgan fingerprint density at radius 2 is 2.11 bits per heavy atom. The van der Waals surface area contributed by atoms with E-state index >= 15 is 0 Å². The largest absolute Gasteiger partial charge is 0.378 e. The van der Waals surface area contributed by atoms with E-state index < -0.39 is 0 Å². The summed E-state index contributed by atoms with van der Waals surface area (Å²) in [7, 11) is 0. The zero-order chi connectivity index (χ0) is 13.5. The Morgan fingerprint density at radius 3 is 2.84 bits per heavy atom. The first-order chi connectivity index (χ1) is 9.24. The van der Waals surface area contributed by atoms with E-state index in [-0.39, 0.29) is 0 Å². The first-order valence-electron chi connectivity index (χ1n) is 7.11. The van der Waals surface area contributed by atoms with Crippen molar-refractivity contribution in [1.82, 2.24) is 9.97 Å². The molecule has 0 radical (unpaired) electrons. The summed E-state index contributed by atoms with van der Waals surface area (Å²) in [5, 5.41) is 3.73. The van der Waals surface area contributed by atoms with Gasteiger partial charge in [-0.15, -0.1) is 0 Å². The van der Waals surface area contributed by atoms with E-state index in [4.69, 9.17) is 16.3 Å². The van der Waals surface area contributed by atoms with Crippen molar-refractivity contribution in [3.8, 4) is 0 Å². The Morgan fingerprint density at radius 1 is 1.32 bits per heavy atom. The molecule has 4 nitrogen and oxygen atoms in total. The SMILES string of the molecule is Cc1nc(Cl)cc(NCCCOC2CCCCC2)n1. The summed E-state index contributed by atoms with van der Waals surface area (Å²) in [4.78, 5) is 8.30.